The first kappa shape index (κ1) is 25.4. The SMILES string of the molecule is COc1cc(CNC2CN3CCC2CC3)ccc1OCc1ccc(Cl)cc1Cl.Cl.Cl. The minimum atomic E-state index is 0. The van der Waals surface area contributed by atoms with Gasteiger partial charge in [0.1, 0.15) is 6.61 Å². The van der Waals surface area contributed by atoms with Crippen LogP contribution >= 0.6 is 48.0 Å². The zero-order chi connectivity index (χ0) is 19.5. The van der Waals surface area contributed by atoms with Crippen molar-refractivity contribution in [1.82, 2.24) is 10.2 Å². The van der Waals surface area contributed by atoms with Crippen molar-refractivity contribution in [3.63, 3.8) is 0 Å². The molecule has 5 rings (SSSR count). The molecule has 0 spiro atoms. The Bertz CT molecular complexity index is 829. The summed E-state index contributed by atoms with van der Waals surface area (Å²) in [4.78, 5) is 2.57. The third kappa shape index (κ3) is 6.09. The second kappa shape index (κ2) is 11.7. The summed E-state index contributed by atoms with van der Waals surface area (Å²) in [5.41, 5.74) is 2.09. The standard InChI is InChI=1S/C22H26Cl2N2O2.2ClH/c1-27-22-10-15(12-25-20-13-26-8-6-16(20)7-9-26)2-5-21(22)28-14-17-3-4-18(23)11-19(17)24;;/h2-5,10-11,16,20,25H,6-9,12-14H2,1H3;2*1H. The number of methoxy groups -OCH3 is 1. The average Bonchev–Trinajstić information content (AvgIpc) is 2.73. The summed E-state index contributed by atoms with van der Waals surface area (Å²) in [6.45, 7) is 4.91. The van der Waals surface area contributed by atoms with Crippen molar-refractivity contribution < 1.29 is 9.47 Å². The average molecular weight is 494 g/mol. The molecule has 30 heavy (non-hydrogen) atoms. The first-order valence-corrected chi connectivity index (χ1v) is 10.6. The summed E-state index contributed by atoms with van der Waals surface area (Å²) < 4.78 is 11.5. The maximum atomic E-state index is 6.23. The molecule has 166 valence electrons. The van der Waals surface area contributed by atoms with Gasteiger partial charge in [0, 0.05) is 34.7 Å². The number of fused-ring (bicyclic) bond motifs is 3. The molecule has 0 aliphatic carbocycles. The van der Waals surface area contributed by atoms with Crippen molar-refractivity contribution in [2.24, 2.45) is 5.92 Å². The Labute approximate surface area is 201 Å². The quantitative estimate of drug-likeness (QED) is 0.543. The number of hydrogen-bond acceptors (Lipinski definition) is 4. The van der Waals surface area contributed by atoms with E-state index in [9.17, 15) is 0 Å². The summed E-state index contributed by atoms with van der Waals surface area (Å²) in [6.07, 6.45) is 2.64. The van der Waals surface area contributed by atoms with Crippen LogP contribution in [-0.4, -0.2) is 37.7 Å². The molecule has 0 amide bonds. The topological polar surface area (TPSA) is 33.7 Å². The van der Waals surface area contributed by atoms with E-state index in [4.69, 9.17) is 32.7 Å². The minimum Gasteiger partial charge on any atom is -0.493 e. The van der Waals surface area contributed by atoms with Crippen molar-refractivity contribution in [1.29, 1.82) is 0 Å². The monoisotopic (exact) mass is 492 g/mol. The lowest BCUT2D eigenvalue weighted by Gasteiger charge is -2.45. The van der Waals surface area contributed by atoms with Crippen LogP contribution in [0.2, 0.25) is 10.0 Å². The van der Waals surface area contributed by atoms with Crippen LogP contribution in [0, 0.1) is 5.92 Å². The van der Waals surface area contributed by atoms with Crippen molar-refractivity contribution >= 4 is 48.0 Å². The zero-order valence-electron chi connectivity index (χ0n) is 16.9. The molecule has 0 saturated carbocycles. The van der Waals surface area contributed by atoms with E-state index in [0.717, 1.165) is 23.8 Å². The van der Waals surface area contributed by atoms with E-state index in [1.54, 1.807) is 13.2 Å². The fourth-order valence-electron chi connectivity index (χ4n) is 4.18. The molecular formula is C22H28Cl4N2O2. The van der Waals surface area contributed by atoms with E-state index in [2.05, 4.69) is 16.3 Å². The molecular weight excluding hydrogens is 466 g/mol. The molecule has 1 N–H and O–H groups in total. The van der Waals surface area contributed by atoms with Gasteiger partial charge in [-0.15, -0.1) is 24.8 Å². The summed E-state index contributed by atoms with van der Waals surface area (Å²) >= 11 is 12.2. The van der Waals surface area contributed by atoms with Crippen LogP contribution in [-0.2, 0) is 13.2 Å². The molecule has 0 radical (unpaired) electrons. The van der Waals surface area contributed by atoms with Gasteiger partial charge in [-0.05, 0) is 61.7 Å². The Morgan fingerprint density at radius 3 is 2.43 bits per heavy atom. The van der Waals surface area contributed by atoms with Gasteiger partial charge in [-0.25, -0.2) is 0 Å². The highest BCUT2D eigenvalue weighted by atomic mass is 35.5. The Balaban J connectivity index is 0.00000160. The molecule has 2 aromatic carbocycles. The summed E-state index contributed by atoms with van der Waals surface area (Å²) in [5.74, 6) is 2.26. The third-order valence-corrected chi connectivity index (χ3v) is 6.44. The van der Waals surface area contributed by atoms with Crippen LogP contribution in [0.3, 0.4) is 0 Å². The van der Waals surface area contributed by atoms with Gasteiger partial charge in [0.15, 0.2) is 11.5 Å². The fraction of sp³-hybridized carbons (Fsp3) is 0.455. The Hall–Kier alpha value is -0.880. The van der Waals surface area contributed by atoms with E-state index in [0.29, 0.717) is 28.4 Å². The predicted molar refractivity (Wildman–Crippen MR) is 128 cm³/mol. The molecule has 1 atom stereocenters. The van der Waals surface area contributed by atoms with E-state index in [-0.39, 0.29) is 24.8 Å². The van der Waals surface area contributed by atoms with Crippen molar-refractivity contribution in [3.8, 4) is 11.5 Å². The molecule has 3 aliphatic rings. The molecule has 3 fully saturated rings. The maximum absolute atomic E-state index is 6.23. The van der Waals surface area contributed by atoms with Crippen LogP contribution in [0.1, 0.15) is 24.0 Å². The molecule has 2 aromatic rings. The fourth-order valence-corrected chi connectivity index (χ4v) is 4.64. The Kier molecular flexibility index (Phi) is 9.86. The largest absolute Gasteiger partial charge is 0.493 e. The first-order chi connectivity index (χ1) is 13.6. The summed E-state index contributed by atoms with van der Waals surface area (Å²) in [7, 11) is 1.67. The molecule has 4 nitrogen and oxygen atoms in total. The number of halogens is 4. The highest BCUT2D eigenvalue weighted by Crippen LogP contribution is 2.31. The first-order valence-electron chi connectivity index (χ1n) is 9.82. The van der Waals surface area contributed by atoms with Gasteiger partial charge in [-0.2, -0.15) is 0 Å². The van der Waals surface area contributed by atoms with Gasteiger partial charge in [0.2, 0.25) is 0 Å². The number of nitrogens with zero attached hydrogens (tertiary/aromatic N) is 1. The van der Waals surface area contributed by atoms with Crippen molar-refractivity contribution in [3.05, 3.63) is 57.6 Å². The number of hydrogen-bond donors (Lipinski definition) is 1. The highest BCUT2D eigenvalue weighted by molar-refractivity contribution is 6.35. The highest BCUT2D eigenvalue weighted by Gasteiger charge is 2.33. The lowest BCUT2D eigenvalue weighted by Crippen LogP contribution is -2.55. The van der Waals surface area contributed by atoms with Gasteiger partial charge >= 0.3 is 0 Å². The number of benzene rings is 2. The second-order valence-corrected chi connectivity index (χ2v) is 8.48. The minimum absolute atomic E-state index is 0. The van der Waals surface area contributed by atoms with Crippen LogP contribution in [0.25, 0.3) is 0 Å². The zero-order valence-corrected chi connectivity index (χ0v) is 20.0. The number of ether oxygens (including phenoxy) is 2. The molecule has 2 bridgehead atoms. The van der Waals surface area contributed by atoms with Crippen LogP contribution in [0.15, 0.2) is 36.4 Å². The maximum Gasteiger partial charge on any atom is 0.161 e. The third-order valence-electron chi connectivity index (χ3n) is 5.85. The Morgan fingerprint density at radius 2 is 1.80 bits per heavy atom. The van der Waals surface area contributed by atoms with Gasteiger partial charge in [0.05, 0.1) is 7.11 Å². The normalized spacial score (nSPS) is 22.0. The number of rotatable bonds is 7. The van der Waals surface area contributed by atoms with E-state index >= 15 is 0 Å². The lowest BCUT2D eigenvalue weighted by molar-refractivity contribution is 0.0720. The molecule has 0 aromatic heterocycles. The van der Waals surface area contributed by atoms with Gasteiger partial charge in [-0.1, -0.05) is 35.3 Å². The van der Waals surface area contributed by atoms with E-state index in [1.807, 2.05) is 24.3 Å². The van der Waals surface area contributed by atoms with Crippen molar-refractivity contribution in [2.75, 3.05) is 26.7 Å². The van der Waals surface area contributed by atoms with Crippen LogP contribution < -0.4 is 14.8 Å². The van der Waals surface area contributed by atoms with E-state index in [1.165, 1.54) is 38.0 Å². The van der Waals surface area contributed by atoms with Crippen molar-refractivity contribution in [2.45, 2.75) is 32.0 Å². The molecule has 1 unspecified atom stereocenters. The second-order valence-electron chi connectivity index (χ2n) is 7.64. The predicted octanol–water partition coefficient (Wildman–Crippen LogP) is 5.61. The number of piperidine rings is 3. The Morgan fingerprint density at radius 1 is 1.03 bits per heavy atom. The van der Waals surface area contributed by atoms with Crippen LogP contribution in [0.4, 0.5) is 0 Å². The molecule has 3 saturated heterocycles. The van der Waals surface area contributed by atoms with Gasteiger partial charge in [0.25, 0.3) is 0 Å². The van der Waals surface area contributed by atoms with Gasteiger partial charge < -0.3 is 19.7 Å². The molecule has 8 heteroatoms. The summed E-state index contributed by atoms with van der Waals surface area (Å²) in [5, 5.41) is 4.96. The summed E-state index contributed by atoms with van der Waals surface area (Å²) in [6, 6.07) is 12.1. The van der Waals surface area contributed by atoms with Crippen LogP contribution in [0.5, 0.6) is 11.5 Å². The smallest absolute Gasteiger partial charge is 0.161 e. The molecule has 3 heterocycles. The number of nitrogens with one attached hydrogen (secondary N) is 1. The van der Waals surface area contributed by atoms with E-state index < -0.39 is 0 Å². The molecule has 3 aliphatic heterocycles. The van der Waals surface area contributed by atoms with Gasteiger partial charge in [-0.3, -0.25) is 0 Å². The lowest BCUT2D eigenvalue weighted by atomic mass is 9.84.